The fourth-order valence-electron chi connectivity index (χ4n) is 4.81. The molecule has 3 aliphatic carbocycles. The number of benzene rings is 1. The van der Waals surface area contributed by atoms with Crippen LogP contribution < -0.4 is 5.32 Å². The average Bonchev–Trinajstić information content (AvgIpc) is 2.97. The minimum Gasteiger partial charge on any atom is -0.324 e. The fourth-order valence-corrected chi connectivity index (χ4v) is 4.81. The topological polar surface area (TPSA) is 110 Å². The Balaban J connectivity index is 1.56. The molecule has 4 aliphatic rings. The van der Waals surface area contributed by atoms with E-state index < -0.39 is 16.9 Å². The first kappa shape index (κ1) is 18.3. The summed E-state index contributed by atoms with van der Waals surface area (Å²) < 4.78 is 0. The molecule has 2 bridgehead atoms. The summed E-state index contributed by atoms with van der Waals surface area (Å²) in [6.45, 7) is 1.74. The Morgan fingerprint density at radius 2 is 1.82 bits per heavy atom. The third-order valence-corrected chi connectivity index (χ3v) is 6.12. The first-order chi connectivity index (χ1) is 13.4. The van der Waals surface area contributed by atoms with E-state index in [0.717, 1.165) is 17.7 Å². The maximum Gasteiger partial charge on any atom is 0.271 e. The molecule has 146 valence electrons. The van der Waals surface area contributed by atoms with Gasteiger partial charge in [0.05, 0.1) is 16.8 Å². The van der Waals surface area contributed by atoms with Crippen LogP contribution in [0.25, 0.3) is 0 Å². The van der Waals surface area contributed by atoms with Crippen molar-refractivity contribution in [3.63, 3.8) is 0 Å². The number of allylic oxidation sites excluding steroid dienone is 2. The highest BCUT2D eigenvalue weighted by Crippen LogP contribution is 2.50. The largest absolute Gasteiger partial charge is 0.324 e. The lowest BCUT2D eigenvalue weighted by Gasteiger charge is -2.38. The predicted octanol–water partition coefficient (Wildman–Crippen LogP) is 2.51. The van der Waals surface area contributed by atoms with E-state index >= 15 is 0 Å². The monoisotopic (exact) mass is 383 g/mol. The zero-order valence-corrected chi connectivity index (χ0v) is 15.4. The van der Waals surface area contributed by atoms with Crippen molar-refractivity contribution in [3.8, 4) is 0 Å². The molecule has 5 atom stereocenters. The molecule has 3 amide bonds. The Morgan fingerprint density at radius 3 is 2.32 bits per heavy atom. The number of nitro groups is 1. The second kappa shape index (κ2) is 6.85. The molecule has 5 unspecified atom stereocenters. The van der Waals surface area contributed by atoms with Gasteiger partial charge in [-0.1, -0.05) is 25.1 Å². The maximum absolute atomic E-state index is 13.0. The molecule has 1 aromatic carbocycles. The van der Waals surface area contributed by atoms with Crippen molar-refractivity contribution < 1.29 is 19.3 Å². The van der Waals surface area contributed by atoms with Gasteiger partial charge in [-0.2, -0.15) is 0 Å². The number of nitro benzene ring substituents is 1. The lowest BCUT2D eigenvalue weighted by Crippen LogP contribution is -2.47. The van der Waals surface area contributed by atoms with Crippen molar-refractivity contribution >= 4 is 29.1 Å². The number of nitrogens with zero attached hydrogens (tertiary/aromatic N) is 2. The molecular formula is C20H21N3O5. The maximum atomic E-state index is 13.0. The quantitative estimate of drug-likeness (QED) is 0.364. The third kappa shape index (κ3) is 2.80. The molecular weight excluding hydrogens is 362 g/mol. The van der Waals surface area contributed by atoms with E-state index in [9.17, 15) is 24.5 Å². The second-order valence-electron chi connectivity index (χ2n) is 7.61. The molecule has 1 saturated carbocycles. The summed E-state index contributed by atoms with van der Waals surface area (Å²) in [4.78, 5) is 50.4. The van der Waals surface area contributed by atoms with Crippen LogP contribution in [-0.4, -0.2) is 33.6 Å². The van der Waals surface area contributed by atoms with Crippen LogP contribution >= 0.6 is 0 Å². The van der Waals surface area contributed by atoms with Crippen LogP contribution in [0.15, 0.2) is 36.4 Å². The van der Waals surface area contributed by atoms with Crippen LogP contribution in [0.5, 0.6) is 0 Å². The number of imide groups is 1. The first-order valence-electron chi connectivity index (χ1n) is 9.53. The zero-order valence-electron chi connectivity index (χ0n) is 15.4. The van der Waals surface area contributed by atoms with Gasteiger partial charge in [-0.05, 0) is 37.2 Å². The molecule has 0 aromatic heterocycles. The Morgan fingerprint density at radius 1 is 1.21 bits per heavy atom. The summed E-state index contributed by atoms with van der Waals surface area (Å²) in [5.74, 6) is -1.65. The van der Waals surface area contributed by atoms with E-state index in [4.69, 9.17) is 0 Å². The Hall–Kier alpha value is -3.03. The first-order valence-corrected chi connectivity index (χ1v) is 9.53. The SMILES string of the molecule is CCC(C(=O)Nc1cccc([N+](=O)[O-])c1)N1C(=O)C2C3C=CC(CC3)C2C1=O. The third-order valence-electron chi connectivity index (χ3n) is 6.12. The van der Waals surface area contributed by atoms with Gasteiger partial charge in [0.1, 0.15) is 6.04 Å². The molecule has 1 saturated heterocycles. The number of carbonyl (C=O) groups excluding carboxylic acids is 3. The van der Waals surface area contributed by atoms with E-state index in [-0.39, 0.29) is 53.3 Å². The van der Waals surface area contributed by atoms with Crippen molar-refractivity contribution in [3.05, 3.63) is 46.5 Å². The highest BCUT2D eigenvalue weighted by molar-refractivity contribution is 6.10. The molecule has 1 aliphatic heterocycles. The van der Waals surface area contributed by atoms with E-state index in [1.54, 1.807) is 6.92 Å². The Labute approximate surface area is 161 Å². The molecule has 0 radical (unpaired) electrons. The Kier molecular flexibility index (Phi) is 4.49. The van der Waals surface area contributed by atoms with Gasteiger partial charge >= 0.3 is 0 Å². The molecule has 8 heteroatoms. The highest BCUT2D eigenvalue weighted by atomic mass is 16.6. The van der Waals surface area contributed by atoms with Gasteiger partial charge in [0, 0.05) is 17.8 Å². The number of hydrogen-bond acceptors (Lipinski definition) is 5. The van der Waals surface area contributed by atoms with E-state index in [2.05, 4.69) is 5.32 Å². The van der Waals surface area contributed by atoms with Gasteiger partial charge in [0.25, 0.3) is 5.69 Å². The number of likely N-dealkylation sites (tertiary alicyclic amines) is 1. The number of carbonyl (C=O) groups is 3. The summed E-state index contributed by atoms with van der Waals surface area (Å²) in [6, 6.07) is 4.66. The molecule has 28 heavy (non-hydrogen) atoms. The van der Waals surface area contributed by atoms with Crippen LogP contribution in [0.2, 0.25) is 0 Å². The van der Waals surface area contributed by atoms with Gasteiger partial charge in [0.15, 0.2) is 0 Å². The van der Waals surface area contributed by atoms with Gasteiger partial charge in [-0.3, -0.25) is 29.4 Å². The summed E-state index contributed by atoms with van der Waals surface area (Å²) >= 11 is 0. The minimum absolute atomic E-state index is 0.0637. The number of amides is 3. The van der Waals surface area contributed by atoms with Crippen LogP contribution in [0, 0.1) is 33.8 Å². The highest BCUT2D eigenvalue weighted by Gasteiger charge is 2.58. The summed E-state index contributed by atoms with van der Waals surface area (Å²) in [6.07, 6.45) is 6.14. The average molecular weight is 383 g/mol. The van der Waals surface area contributed by atoms with Crippen molar-refractivity contribution in [1.82, 2.24) is 4.90 Å². The lowest BCUT2D eigenvalue weighted by atomic mass is 9.63. The molecule has 5 rings (SSSR count). The van der Waals surface area contributed by atoms with Crippen molar-refractivity contribution in [2.45, 2.75) is 32.2 Å². The van der Waals surface area contributed by atoms with Gasteiger partial charge < -0.3 is 5.32 Å². The fraction of sp³-hybridized carbons (Fsp3) is 0.450. The van der Waals surface area contributed by atoms with Crippen molar-refractivity contribution in [2.75, 3.05) is 5.32 Å². The van der Waals surface area contributed by atoms with Crippen molar-refractivity contribution in [1.29, 1.82) is 0 Å². The number of fused-ring (bicyclic) bond motifs is 1. The van der Waals surface area contributed by atoms with Gasteiger partial charge in [-0.25, -0.2) is 0 Å². The molecule has 0 spiro atoms. The van der Waals surface area contributed by atoms with Crippen LogP contribution in [-0.2, 0) is 14.4 Å². The summed E-state index contributed by atoms with van der Waals surface area (Å²) in [5.41, 5.74) is 0.115. The minimum atomic E-state index is -0.927. The normalized spacial score (nSPS) is 29.0. The predicted molar refractivity (Wildman–Crippen MR) is 100.0 cm³/mol. The van der Waals surface area contributed by atoms with E-state index in [1.165, 1.54) is 24.3 Å². The summed E-state index contributed by atoms with van der Waals surface area (Å²) in [5, 5.41) is 13.5. The second-order valence-corrected chi connectivity index (χ2v) is 7.61. The number of rotatable bonds is 5. The van der Waals surface area contributed by atoms with Crippen LogP contribution in [0.3, 0.4) is 0 Å². The molecule has 1 aromatic rings. The smallest absolute Gasteiger partial charge is 0.271 e. The number of hydrogen-bond donors (Lipinski definition) is 1. The molecule has 1 heterocycles. The number of anilines is 1. The lowest BCUT2D eigenvalue weighted by molar-refractivity contribution is -0.384. The molecule has 8 nitrogen and oxygen atoms in total. The molecule has 2 fully saturated rings. The van der Waals surface area contributed by atoms with Crippen LogP contribution in [0.4, 0.5) is 11.4 Å². The summed E-state index contributed by atoms with van der Waals surface area (Å²) in [7, 11) is 0. The van der Waals surface area contributed by atoms with E-state index in [0.29, 0.717) is 0 Å². The van der Waals surface area contributed by atoms with Gasteiger partial charge in [-0.15, -0.1) is 0 Å². The standard InChI is InChI=1S/C20H21N3O5/c1-2-15(18(24)21-13-4-3-5-14(10-13)23(27)28)22-19(25)16-11-6-7-12(9-8-11)17(16)20(22)26/h3-7,10-12,15-17H,2,8-9H2,1H3,(H,21,24). The number of nitrogens with one attached hydrogen (secondary N) is 1. The van der Waals surface area contributed by atoms with Crippen molar-refractivity contribution in [2.24, 2.45) is 23.7 Å². The zero-order chi connectivity index (χ0) is 20.0. The van der Waals surface area contributed by atoms with E-state index in [1.807, 2.05) is 12.2 Å². The Bertz CT molecular complexity index is 864. The molecule has 1 N–H and O–H groups in total. The van der Waals surface area contributed by atoms with Gasteiger partial charge in [0.2, 0.25) is 17.7 Å². The number of non-ortho nitro benzene ring substituents is 1. The van der Waals surface area contributed by atoms with Crippen LogP contribution in [0.1, 0.15) is 26.2 Å².